The number of imide groups is 1. The summed E-state index contributed by atoms with van der Waals surface area (Å²) in [5.74, 6) is -2.55. The number of carbonyl (C=O) groups excluding carboxylic acids is 3. The molecule has 126 valence electrons. The van der Waals surface area contributed by atoms with Gasteiger partial charge in [0.25, 0.3) is 5.91 Å². The molecule has 9 heteroatoms. The summed E-state index contributed by atoms with van der Waals surface area (Å²) in [5, 5.41) is 4.14. The van der Waals surface area contributed by atoms with Crippen LogP contribution in [0.1, 0.15) is 6.92 Å². The molecular weight excluding hydrogens is 338 g/mol. The molecule has 1 aromatic carbocycles. The van der Waals surface area contributed by atoms with Crippen molar-refractivity contribution >= 4 is 40.8 Å². The van der Waals surface area contributed by atoms with Gasteiger partial charge in [-0.1, -0.05) is 11.6 Å². The third-order valence-electron chi connectivity index (χ3n) is 3.79. The number of nitrogens with one attached hydrogen (secondary N) is 1. The summed E-state index contributed by atoms with van der Waals surface area (Å²) < 4.78 is 10.1. The van der Waals surface area contributed by atoms with E-state index in [-0.39, 0.29) is 18.0 Å². The van der Waals surface area contributed by atoms with Gasteiger partial charge >= 0.3 is 5.97 Å². The van der Waals surface area contributed by atoms with E-state index in [4.69, 9.17) is 21.1 Å². The molecule has 2 amide bonds. The molecule has 2 aliphatic rings. The molecule has 0 radical (unpaired) electrons. The van der Waals surface area contributed by atoms with E-state index in [1.807, 2.05) is 0 Å². The van der Waals surface area contributed by atoms with Crippen LogP contribution in [0.5, 0.6) is 5.75 Å². The van der Waals surface area contributed by atoms with Crippen LogP contribution in [-0.2, 0) is 19.1 Å². The number of anilines is 1. The number of nitrogens with zero attached hydrogens (tertiary/aromatic N) is 2. The van der Waals surface area contributed by atoms with Crippen LogP contribution in [0.3, 0.4) is 0 Å². The first-order valence-corrected chi connectivity index (χ1v) is 7.59. The summed E-state index contributed by atoms with van der Waals surface area (Å²) in [6, 6.07) is 3.65. The second-order valence-electron chi connectivity index (χ2n) is 5.13. The van der Waals surface area contributed by atoms with Gasteiger partial charge in [-0.05, 0) is 25.1 Å². The highest BCUT2D eigenvalue weighted by Crippen LogP contribution is 2.37. The summed E-state index contributed by atoms with van der Waals surface area (Å²) in [4.78, 5) is 38.3. The molecule has 2 aliphatic heterocycles. The monoisotopic (exact) mass is 351 g/mol. The molecule has 2 atom stereocenters. The molecule has 0 unspecified atom stereocenters. The van der Waals surface area contributed by atoms with Crippen LogP contribution < -0.4 is 15.1 Å². The molecule has 0 saturated carbocycles. The molecule has 1 N–H and O–H groups in total. The highest BCUT2D eigenvalue weighted by molar-refractivity contribution is 6.46. The second-order valence-corrected chi connectivity index (χ2v) is 5.57. The largest absolute Gasteiger partial charge is 0.495 e. The number of hydrazone groups is 1. The number of carbonyl (C=O) groups is 3. The highest BCUT2D eigenvalue weighted by atomic mass is 35.5. The van der Waals surface area contributed by atoms with Crippen molar-refractivity contribution in [3.05, 3.63) is 23.2 Å². The third-order valence-corrected chi connectivity index (χ3v) is 4.03. The minimum atomic E-state index is -1.03. The minimum Gasteiger partial charge on any atom is -0.495 e. The van der Waals surface area contributed by atoms with E-state index in [0.717, 1.165) is 4.90 Å². The smallest absolute Gasteiger partial charge is 0.355 e. The number of methoxy groups -OCH3 is 1. The Morgan fingerprint density at radius 2 is 2.12 bits per heavy atom. The molecule has 2 heterocycles. The molecular formula is C15H14ClN3O5. The standard InChI is InChI=1S/C15H14ClN3O5/c1-3-24-15(22)12-10-11(17-18-12)14(21)19(13(10)20)8-6-7(16)4-5-9(8)23-2/h4-6,10-11,17H,3H2,1-2H3/t10-,11-/m0/s1. The van der Waals surface area contributed by atoms with Gasteiger partial charge in [0.15, 0.2) is 5.71 Å². The second kappa shape index (κ2) is 6.12. The Morgan fingerprint density at radius 1 is 1.38 bits per heavy atom. The first kappa shape index (κ1) is 16.3. The zero-order valence-electron chi connectivity index (χ0n) is 12.9. The zero-order valence-corrected chi connectivity index (χ0v) is 13.7. The Balaban J connectivity index is 1.98. The zero-order chi connectivity index (χ0) is 17.4. The van der Waals surface area contributed by atoms with Gasteiger partial charge in [0, 0.05) is 5.02 Å². The van der Waals surface area contributed by atoms with Crippen molar-refractivity contribution in [2.75, 3.05) is 18.6 Å². The van der Waals surface area contributed by atoms with Crippen LogP contribution in [0.2, 0.25) is 5.02 Å². The normalized spacial score (nSPS) is 22.1. The lowest BCUT2D eigenvalue weighted by Gasteiger charge is -2.18. The Kier molecular flexibility index (Phi) is 4.15. The van der Waals surface area contributed by atoms with Gasteiger partial charge in [0.2, 0.25) is 5.91 Å². The Morgan fingerprint density at radius 3 is 2.79 bits per heavy atom. The molecule has 0 aliphatic carbocycles. The summed E-state index contributed by atoms with van der Waals surface area (Å²) in [6.07, 6.45) is 0. The number of esters is 1. The maximum atomic E-state index is 12.8. The van der Waals surface area contributed by atoms with Crippen molar-refractivity contribution in [3.8, 4) is 5.75 Å². The van der Waals surface area contributed by atoms with E-state index >= 15 is 0 Å². The molecule has 1 aromatic rings. The number of hydrogen-bond acceptors (Lipinski definition) is 7. The first-order valence-electron chi connectivity index (χ1n) is 7.21. The van der Waals surface area contributed by atoms with Crippen LogP contribution >= 0.6 is 11.6 Å². The lowest BCUT2D eigenvalue weighted by atomic mass is 9.99. The molecule has 0 aromatic heterocycles. The summed E-state index contributed by atoms with van der Waals surface area (Å²) >= 11 is 5.97. The van der Waals surface area contributed by atoms with Gasteiger partial charge in [0.05, 0.1) is 19.4 Å². The van der Waals surface area contributed by atoms with Gasteiger partial charge in [-0.3, -0.25) is 15.0 Å². The molecule has 24 heavy (non-hydrogen) atoms. The predicted molar refractivity (Wildman–Crippen MR) is 85.0 cm³/mol. The van der Waals surface area contributed by atoms with Crippen molar-refractivity contribution in [1.82, 2.24) is 5.43 Å². The van der Waals surface area contributed by atoms with Gasteiger partial charge in [-0.25, -0.2) is 9.69 Å². The molecule has 8 nitrogen and oxygen atoms in total. The minimum absolute atomic E-state index is 0.108. The van der Waals surface area contributed by atoms with Gasteiger partial charge < -0.3 is 9.47 Å². The quantitative estimate of drug-likeness (QED) is 0.634. The number of rotatable bonds is 4. The number of fused-ring (bicyclic) bond motifs is 1. The SMILES string of the molecule is CCOC(=O)C1=NN[C@@H]2C(=O)N(c3cc(Cl)ccc3OC)C(=O)[C@H]12. The van der Waals surface area contributed by atoms with Crippen LogP contribution in [0, 0.1) is 5.92 Å². The number of ether oxygens (including phenoxy) is 2. The maximum absolute atomic E-state index is 12.8. The van der Waals surface area contributed by atoms with Crippen molar-refractivity contribution < 1.29 is 23.9 Å². The topological polar surface area (TPSA) is 97.3 Å². The number of halogens is 1. The van der Waals surface area contributed by atoms with Gasteiger partial charge in [0.1, 0.15) is 17.7 Å². The predicted octanol–water partition coefficient (Wildman–Crippen LogP) is 0.729. The van der Waals surface area contributed by atoms with Crippen LogP contribution in [0.25, 0.3) is 0 Å². The fourth-order valence-corrected chi connectivity index (χ4v) is 2.90. The summed E-state index contributed by atoms with van der Waals surface area (Å²) in [6.45, 7) is 1.78. The Hall–Kier alpha value is -2.61. The summed E-state index contributed by atoms with van der Waals surface area (Å²) in [7, 11) is 1.42. The van der Waals surface area contributed by atoms with Crippen LogP contribution in [0.4, 0.5) is 5.69 Å². The van der Waals surface area contributed by atoms with E-state index in [1.54, 1.807) is 19.1 Å². The van der Waals surface area contributed by atoms with Crippen molar-refractivity contribution in [2.45, 2.75) is 13.0 Å². The van der Waals surface area contributed by atoms with Gasteiger partial charge in [-0.15, -0.1) is 0 Å². The Labute approximate surface area is 142 Å². The molecule has 3 rings (SSSR count). The van der Waals surface area contributed by atoms with Gasteiger partial charge in [-0.2, -0.15) is 5.10 Å². The van der Waals surface area contributed by atoms with Crippen LogP contribution in [0.15, 0.2) is 23.3 Å². The molecule has 1 saturated heterocycles. The maximum Gasteiger partial charge on any atom is 0.355 e. The van der Waals surface area contributed by atoms with E-state index in [1.165, 1.54) is 13.2 Å². The van der Waals surface area contributed by atoms with E-state index in [0.29, 0.717) is 10.8 Å². The number of hydrogen-bond donors (Lipinski definition) is 1. The number of benzene rings is 1. The lowest BCUT2D eigenvalue weighted by molar-refractivity contribution is -0.136. The van der Waals surface area contributed by atoms with E-state index < -0.39 is 29.7 Å². The lowest BCUT2D eigenvalue weighted by Crippen LogP contribution is -2.36. The molecule has 0 bridgehead atoms. The van der Waals surface area contributed by atoms with E-state index in [2.05, 4.69) is 10.5 Å². The average molecular weight is 352 g/mol. The van der Waals surface area contributed by atoms with Crippen molar-refractivity contribution in [2.24, 2.45) is 11.0 Å². The molecule has 0 spiro atoms. The van der Waals surface area contributed by atoms with Crippen LogP contribution in [-0.4, -0.2) is 43.3 Å². The average Bonchev–Trinajstić information content (AvgIpc) is 3.09. The van der Waals surface area contributed by atoms with Crippen molar-refractivity contribution in [3.63, 3.8) is 0 Å². The first-order chi connectivity index (χ1) is 11.5. The van der Waals surface area contributed by atoms with E-state index in [9.17, 15) is 14.4 Å². The highest BCUT2D eigenvalue weighted by Gasteiger charge is 2.56. The number of amides is 2. The third kappa shape index (κ3) is 2.39. The molecule has 1 fully saturated rings. The summed E-state index contributed by atoms with van der Waals surface area (Å²) in [5.41, 5.74) is 2.66. The fraction of sp³-hybridized carbons (Fsp3) is 0.333. The Bertz CT molecular complexity index is 763. The van der Waals surface area contributed by atoms with Crippen molar-refractivity contribution in [1.29, 1.82) is 0 Å². The fourth-order valence-electron chi connectivity index (χ4n) is 2.74.